The Balaban J connectivity index is 0.000000322. The molecule has 117 heavy (non-hydrogen) atoms. The second-order valence-electron chi connectivity index (χ2n) is 23.9. The summed E-state index contributed by atoms with van der Waals surface area (Å²) in [5.74, 6) is -4.20. The monoisotopic (exact) mass is 1910 g/mol. The number of ether oxygens (including phenoxy) is 2. The molecule has 0 atom stereocenters. The number of nitrogen functional groups attached to an aromatic ring is 1. The zero-order valence-corrected chi connectivity index (χ0v) is 73.0. The van der Waals surface area contributed by atoms with Crippen LogP contribution in [-0.2, 0) is 69.9 Å². The van der Waals surface area contributed by atoms with Crippen molar-refractivity contribution in [2.24, 2.45) is 28.2 Å². The number of nitrogens with one attached hydrogen (secondary N) is 4. The first kappa shape index (κ1) is 100. The summed E-state index contributed by atoms with van der Waals surface area (Å²) < 4.78 is 64.1. The number of esters is 2. The minimum Gasteiger partial charge on any atom is -0.870 e. The number of nitrogens with two attached hydrogens (primary N) is 1. The third kappa shape index (κ3) is 27.7. The topological polar surface area (TPSA) is 379 Å². The summed E-state index contributed by atoms with van der Waals surface area (Å²) in [5.41, 5.74) is 11.9. The van der Waals surface area contributed by atoms with Gasteiger partial charge in [0.05, 0.1) is 120 Å². The summed E-state index contributed by atoms with van der Waals surface area (Å²) in [6.07, 6.45) is 13.1. The number of anilines is 4. The first-order valence-electron chi connectivity index (χ1n) is 33.5. The van der Waals surface area contributed by atoms with Crippen molar-refractivity contribution in [2.45, 2.75) is 84.5 Å². The number of aromatic carboxylic acids is 1. The number of amides is 3. The second-order valence-corrected chi connectivity index (χ2v) is 30.4. The fourth-order valence-electron chi connectivity index (χ4n) is 10.7. The van der Waals surface area contributed by atoms with Crippen LogP contribution in [0.3, 0.4) is 0 Å². The van der Waals surface area contributed by atoms with E-state index in [0.717, 1.165) is 36.3 Å². The number of aromatic nitrogens is 11. The number of benzene rings is 6. The molecule has 0 fully saturated rings. The maximum atomic E-state index is 15.2. The van der Waals surface area contributed by atoms with Crippen molar-refractivity contribution in [2.75, 3.05) is 45.6 Å². The van der Waals surface area contributed by atoms with Crippen LogP contribution in [0.1, 0.15) is 69.4 Å². The summed E-state index contributed by atoms with van der Waals surface area (Å²) in [7, 11) is 7.11. The number of carbonyl (C=O) groups is 7. The summed E-state index contributed by atoms with van der Waals surface area (Å²) in [4.78, 5) is 89.0. The standard InChI is InChI=1S/C24H22ClFN4O3S.C22H18ClFN4O3S.C18H15ClFNO2S.C6H8BrN3O.C4H7N3.C2H2Br2O.CH4.Li.2H2O/c1-4-33-24(32)15-6-5-7-17(10-15)34-23-14(2)30(22-18(23)8-9-19(25)21(22)26)13-20(31)28-16-11-27-29(3)12-16;1-12-21(32-15-5-3-4-13(8-15)22(30)31)16-6-7-17(23)19(24)20(16)28(12)11-18(29)26-14-9-25-27(2)10-14;1-3-23-18(22)11-5-4-6-12(9-11)24-17-10(2)21-16-13(17)7-8-14(19)15(16)20;1-10-4-5(3-8-10)9-6(11)2-7;1-7-3-4(5)2-6-7;3-1-2(4)5;;;;/h5-12H,4,13H2,1-3H3,(H,28,31);3-10H,11H2,1-2H3,(H,26,29)(H,30,31);4-9,21H,3H2,1-2H3;3-4H,2H2,1H3,(H,9,11);2-3H,5H2,1H3;1H2;1H4;;2*1H2/q;;;;;;;+1;;/p-1. The van der Waals surface area contributed by atoms with E-state index in [2.05, 4.69) is 89.1 Å². The summed E-state index contributed by atoms with van der Waals surface area (Å²) >= 11 is 30.7. The van der Waals surface area contributed by atoms with Crippen LogP contribution in [0.15, 0.2) is 188 Å². The molecule has 40 heteroatoms. The van der Waals surface area contributed by atoms with Gasteiger partial charge in [0.15, 0.2) is 17.5 Å². The molecule has 3 amide bonds. The van der Waals surface area contributed by atoms with Gasteiger partial charge in [-0.15, -0.1) is 0 Å². The van der Waals surface area contributed by atoms with E-state index in [9.17, 15) is 43.1 Å². The Hall–Kier alpha value is -9.26. The normalized spacial score (nSPS) is 10.3. The van der Waals surface area contributed by atoms with Crippen molar-refractivity contribution in [1.82, 2.24) is 53.2 Å². The number of H-pyrrole nitrogens is 1. The first-order chi connectivity index (χ1) is 53.8. The van der Waals surface area contributed by atoms with Crippen LogP contribution in [-0.4, -0.2) is 133 Å². The van der Waals surface area contributed by atoms with E-state index in [4.69, 9.17) is 50.0 Å². The SMILES string of the molecule is C.CCOC(=O)c1cccc(Sc2c(C)[nH]c3c(F)c(Cl)ccc23)c1.CCOC(=O)c1cccc(Sc2c(C)n(CC(=O)Nc3cnn(C)c3)c3c(F)c(Cl)ccc23)c1.Cc1c(Sc2cccc(C(=O)O)c2)c2ccc(Cl)c(F)c2n1CC(=O)Nc1cnn(C)c1.Cn1cc(N)cn1.Cn1cc(NC(=O)CBr)cn1.O.O=C(Br)CBr.[Li+].[OH-]. The quantitative estimate of drug-likeness (QED) is 0.0179. The van der Waals surface area contributed by atoms with E-state index < -0.39 is 29.4 Å². The first-order valence-corrected chi connectivity index (χ1v) is 40.1. The summed E-state index contributed by atoms with van der Waals surface area (Å²) in [6, 6.07) is 30.5. The van der Waals surface area contributed by atoms with E-state index in [1.54, 1.807) is 186 Å². The van der Waals surface area contributed by atoms with E-state index in [1.807, 2.05) is 33.0 Å². The second kappa shape index (κ2) is 47.4. The van der Waals surface area contributed by atoms with Crippen molar-refractivity contribution in [1.29, 1.82) is 0 Å². The minimum absolute atomic E-state index is 0. The largest absolute Gasteiger partial charge is 1.00 e. The van der Waals surface area contributed by atoms with E-state index in [1.165, 1.54) is 65.9 Å². The Labute approximate surface area is 735 Å². The third-order valence-electron chi connectivity index (χ3n) is 15.6. The Morgan fingerprint density at radius 2 is 0.880 bits per heavy atom. The number of carbonyl (C=O) groups excluding carboxylic acids is 6. The Morgan fingerprint density at radius 3 is 1.21 bits per heavy atom. The van der Waals surface area contributed by atoms with Gasteiger partial charge in [0.2, 0.25) is 22.4 Å². The van der Waals surface area contributed by atoms with Crippen LogP contribution in [0, 0.1) is 38.2 Å². The molecule has 27 nitrogen and oxygen atoms in total. The van der Waals surface area contributed by atoms with Gasteiger partial charge in [0, 0.05) is 116 Å². The molecule has 0 saturated carbocycles. The van der Waals surface area contributed by atoms with Crippen molar-refractivity contribution >= 4 is 214 Å². The zero-order chi connectivity index (χ0) is 82.5. The maximum Gasteiger partial charge on any atom is 1.00 e. The van der Waals surface area contributed by atoms with E-state index in [-0.39, 0.29) is 117 Å². The number of alkyl halides is 2. The predicted octanol–water partition coefficient (Wildman–Crippen LogP) is 14.7. The molecule has 0 spiro atoms. The molecule has 0 aliphatic rings. The Bertz CT molecular complexity index is 5630. The van der Waals surface area contributed by atoms with E-state index >= 15 is 8.78 Å². The van der Waals surface area contributed by atoms with Gasteiger partial charge in [-0.3, -0.25) is 37.9 Å². The van der Waals surface area contributed by atoms with Gasteiger partial charge in [-0.05, 0) is 142 Å². The molecular formula is C77H79Br3Cl3F3LiN15O12S3. The van der Waals surface area contributed by atoms with Gasteiger partial charge in [0.1, 0.15) is 13.1 Å². The van der Waals surface area contributed by atoms with Gasteiger partial charge in [-0.2, -0.15) is 20.4 Å². The van der Waals surface area contributed by atoms with Crippen LogP contribution in [0.4, 0.5) is 35.9 Å². The molecule has 13 rings (SSSR count). The Morgan fingerprint density at radius 1 is 0.530 bits per heavy atom. The molecule has 0 radical (unpaired) electrons. The molecule has 0 saturated heterocycles. The van der Waals surface area contributed by atoms with Gasteiger partial charge in [-0.1, -0.05) is 128 Å². The number of aromatic amines is 1. The summed E-state index contributed by atoms with van der Waals surface area (Å²) in [5, 5.41) is 35.9. The van der Waals surface area contributed by atoms with Crippen LogP contribution in [0.5, 0.6) is 0 Å². The number of hydrogen-bond donors (Lipinski definition) is 6. The van der Waals surface area contributed by atoms with Crippen molar-refractivity contribution in [3.05, 3.63) is 225 Å². The molecule has 0 bridgehead atoms. The molecule has 13 aromatic rings. The molecule has 0 aliphatic carbocycles. The number of fused-ring (bicyclic) bond motifs is 3. The average molecular weight is 1910 g/mol. The van der Waals surface area contributed by atoms with Crippen molar-refractivity contribution in [3.8, 4) is 0 Å². The molecule has 0 unspecified atom stereocenters. The van der Waals surface area contributed by atoms with Crippen molar-refractivity contribution in [3.63, 3.8) is 0 Å². The molecule has 7 aromatic heterocycles. The molecule has 0 aliphatic heterocycles. The summed E-state index contributed by atoms with van der Waals surface area (Å²) in [6.45, 7) is 9.37. The maximum absolute atomic E-state index is 15.2. The van der Waals surface area contributed by atoms with E-state index in [0.29, 0.717) is 82.9 Å². The number of hydrogen-bond acceptors (Lipinski definition) is 18. The van der Waals surface area contributed by atoms with Gasteiger partial charge >= 0.3 is 36.8 Å². The Kier molecular flexibility index (Phi) is 40.5. The molecule has 616 valence electrons. The van der Waals surface area contributed by atoms with Crippen LogP contribution >= 0.6 is 118 Å². The number of carboxylic acid groups (broad SMARTS) is 1. The fourth-order valence-corrected chi connectivity index (χ4v) is 14.5. The van der Waals surface area contributed by atoms with Crippen molar-refractivity contribution < 1.29 is 91.1 Å². The third-order valence-corrected chi connectivity index (χ3v) is 22.1. The predicted molar refractivity (Wildman–Crippen MR) is 459 cm³/mol. The fraction of sp³-hybridized carbons (Fsp3) is 0.208. The molecule has 7 heterocycles. The number of nitrogens with zero attached hydrogens (tertiary/aromatic N) is 10. The molecular weight excluding hydrogens is 1830 g/mol. The number of carboxylic acids is 1. The smallest absolute Gasteiger partial charge is 0.870 e. The van der Waals surface area contributed by atoms with Crippen LogP contribution in [0.25, 0.3) is 32.7 Å². The number of halogens is 9. The van der Waals surface area contributed by atoms with Gasteiger partial charge in [0.25, 0.3) is 0 Å². The zero-order valence-electron chi connectivity index (χ0n) is 63.5. The minimum atomic E-state index is -1.03. The molecule has 6 aromatic carbocycles. The van der Waals surface area contributed by atoms with Gasteiger partial charge < -0.3 is 61.3 Å². The van der Waals surface area contributed by atoms with Crippen LogP contribution < -0.4 is 40.5 Å². The number of aryl methyl sites for hydroxylation is 5. The average Bonchev–Trinajstić information content (AvgIpc) is 1.61. The molecule has 10 N–H and O–H groups in total. The number of rotatable bonds is 20. The van der Waals surface area contributed by atoms with Gasteiger partial charge in [-0.25, -0.2) is 27.6 Å². The van der Waals surface area contributed by atoms with Crippen LogP contribution in [0.2, 0.25) is 15.1 Å².